The second-order valence-corrected chi connectivity index (χ2v) is 7.78. The zero-order chi connectivity index (χ0) is 13.9. The molecular weight excluding hydrogens is 232 g/mol. The molecule has 0 aromatic heterocycles. The largest absolute Gasteiger partial charge is 0.308 e. The van der Waals surface area contributed by atoms with Crippen LogP contribution >= 0.6 is 0 Å². The van der Waals surface area contributed by atoms with E-state index in [0.717, 1.165) is 12.5 Å². The SMILES string of the molecule is CCCC(C)CN1CC2(CCCCC2)NCC1(C)C. The standard InChI is InChI=1S/C17H34N2/c1-5-9-15(2)12-19-14-17(10-7-6-8-11-17)18-13-16(19,3)4/h15,18H,5-14H2,1-4H3. The van der Waals surface area contributed by atoms with Crippen LogP contribution in [-0.2, 0) is 0 Å². The van der Waals surface area contributed by atoms with Crippen LogP contribution in [0.25, 0.3) is 0 Å². The molecule has 1 heterocycles. The number of nitrogens with zero attached hydrogens (tertiary/aromatic N) is 1. The lowest BCUT2D eigenvalue weighted by Gasteiger charge is -2.54. The van der Waals surface area contributed by atoms with Gasteiger partial charge in [0.05, 0.1) is 0 Å². The molecule has 0 radical (unpaired) electrons. The summed E-state index contributed by atoms with van der Waals surface area (Å²) >= 11 is 0. The predicted molar refractivity (Wildman–Crippen MR) is 83.5 cm³/mol. The number of hydrogen-bond donors (Lipinski definition) is 1. The van der Waals surface area contributed by atoms with E-state index in [1.807, 2.05) is 0 Å². The van der Waals surface area contributed by atoms with Crippen molar-refractivity contribution in [2.45, 2.75) is 83.7 Å². The van der Waals surface area contributed by atoms with Crippen LogP contribution in [0.15, 0.2) is 0 Å². The lowest BCUT2D eigenvalue weighted by Crippen LogP contribution is -2.69. The summed E-state index contributed by atoms with van der Waals surface area (Å²) in [6.07, 6.45) is 9.76. The monoisotopic (exact) mass is 266 g/mol. The van der Waals surface area contributed by atoms with Crippen LogP contribution in [0, 0.1) is 5.92 Å². The first-order valence-corrected chi connectivity index (χ1v) is 8.47. The zero-order valence-electron chi connectivity index (χ0n) is 13.6. The molecule has 2 heteroatoms. The van der Waals surface area contributed by atoms with Gasteiger partial charge in [-0.25, -0.2) is 0 Å². The Morgan fingerprint density at radius 2 is 1.84 bits per heavy atom. The topological polar surface area (TPSA) is 15.3 Å². The molecule has 0 bridgehead atoms. The normalized spacial score (nSPS) is 28.4. The van der Waals surface area contributed by atoms with Crippen LogP contribution in [0.4, 0.5) is 0 Å². The molecule has 1 saturated carbocycles. The van der Waals surface area contributed by atoms with Crippen LogP contribution in [-0.4, -0.2) is 35.6 Å². The van der Waals surface area contributed by atoms with Gasteiger partial charge in [-0.2, -0.15) is 0 Å². The molecule has 2 rings (SSSR count). The van der Waals surface area contributed by atoms with Gasteiger partial charge in [-0.05, 0) is 39.0 Å². The van der Waals surface area contributed by atoms with Gasteiger partial charge in [0.15, 0.2) is 0 Å². The molecule has 1 spiro atoms. The fraction of sp³-hybridized carbons (Fsp3) is 1.00. The van der Waals surface area contributed by atoms with Crippen LogP contribution < -0.4 is 5.32 Å². The third-order valence-electron chi connectivity index (χ3n) is 5.37. The Balaban J connectivity index is 2.00. The third kappa shape index (κ3) is 3.72. The summed E-state index contributed by atoms with van der Waals surface area (Å²) in [6.45, 7) is 13.3. The Kier molecular flexibility index (Phi) is 4.94. The highest BCUT2D eigenvalue weighted by Crippen LogP contribution is 2.35. The van der Waals surface area contributed by atoms with E-state index in [0.29, 0.717) is 11.1 Å². The second kappa shape index (κ2) is 6.13. The summed E-state index contributed by atoms with van der Waals surface area (Å²) in [5, 5.41) is 3.92. The first-order valence-electron chi connectivity index (χ1n) is 8.47. The molecule has 19 heavy (non-hydrogen) atoms. The number of piperazine rings is 1. The van der Waals surface area contributed by atoms with Gasteiger partial charge in [0.25, 0.3) is 0 Å². The van der Waals surface area contributed by atoms with Crippen molar-refractivity contribution >= 4 is 0 Å². The van der Waals surface area contributed by atoms with Crippen LogP contribution in [0.5, 0.6) is 0 Å². The van der Waals surface area contributed by atoms with Crippen molar-refractivity contribution in [2.75, 3.05) is 19.6 Å². The van der Waals surface area contributed by atoms with E-state index in [4.69, 9.17) is 0 Å². The van der Waals surface area contributed by atoms with E-state index in [2.05, 4.69) is 37.9 Å². The summed E-state index contributed by atoms with van der Waals surface area (Å²) in [5.74, 6) is 0.836. The fourth-order valence-corrected chi connectivity index (χ4v) is 3.99. The number of hydrogen-bond acceptors (Lipinski definition) is 2. The van der Waals surface area contributed by atoms with Crippen molar-refractivity contribution in [3.8, 4) is 0 Å². The van der Waals surface area contributed by atoms with Crippen molar-refractivity contribution in [1.82, 2.24) is 10.2 Å². The maximum Gasteiger partial charge on any atom is 0.0309 e. The second-order valence-electron chi connectivity index (χ2n) is 7.78. The van der Waals surface area contributed by atoms with Gasteiger partial charge < -0.3 is 5.32 Å². The van der Waals surface area contributed by atoms with Gasteiger partial charge in [-0.1, -0.05) is 39.5 Å². The summed E-state index contributed by atoms with van der Waals surface area (Å²) in [7, 11) is 0. The number of rotatable bonds is 4. The molecule has 0 aromatic carbocycles. The Hall–Kier alpha value is -0.0800. The minimum atomic E-state index is 0.324. The first-order chi connectivity index (χ1) is 8.97. The molecule has 1 aliphatic heterocycles. The number of nitrogens with one attached hydrogen (secondary N) is 1. The lowest BCUT2D eigenvalue weighted by molar-refractivity contribution is 0.00130. The van der Waals surface area contributed by atoms with E-state index < -0.39 is 0 Å². The average molecular weight is 266 g/mol. The minimum absolute atomic E-state index is 0.324. The van der Waals surface area contributed by atoms with Gasteiger partial charge >= 0.3 is 0 Å². The van der Waals surface area contributed by atoms with E-state index in [9.17, 15) is 0 Å². The molecule has 1 aliphatic carbocycles. The van der Waals surface area contributed by atoms with Crippen LogP contribution in [0.2, 0.25) is 0 Å². The van der Waals surface area contributed by atoms with E-state index >= 15 is 0 Å². The third-order valence-corrected chi connectivity index (χ3v) is 5.37. The Morgan fingerprint density at radius 3 is 2.47 bits per heavy atom. The lowest BCUT2D eigenvalue weighted by atomic mass is 9.77. The summed E-state index contributed by atoms with van der Waals surface area (Å²) < 4.78 is 0. The smallest absolute Gasteiger partial charge is 0.0309 e. The van der Waals surface area contributed by atoms with Crippen LogP contribution in [0.3, 0.4) is 0 Å². The Labute approximate surface area is 120 Å². The van der Waals surface area contributed by atoms with E-state index in [1.54, 1.807) is 0 Å². The van der Waals surface area contributed by atoms with E-state index in [1.165, 1.54) is 58.0 Å². The highest BCUT2D eigenvalue weighted by molar-refractivity contribution is 5.03. The molecule has 2 fully saturated rings. The summed E-state index contributed by atoms with van der Waals surface area (Å²) in [4.78, 5) is 2.79. The highest BCUT2D eigenvalue weighted by atomic mass is 15.3. The van der Waals surface area contributed by atoms with Crippen molar-refractivity contribution in [3.05, 3.63) is 0 Å². The summed E-state index contributed by atoms with van der Waals surface area (Å²) in [5.41, 5.74) is 0.768. The van der Waals surface area contributed by atoms with Gasteiger partial charge in [-0.15, -0.1) is 0 Å². The molecule has 1 N–H and O–H groups in total. The molecule has 1 unspecified atom stereocenters. The fourth-order valence-electron chi connectivity index (χ4n) is 3.99. The molecule has 2 aliphatic rings. The molecule has 1 saturated heterocycles. The highest BCUT2D eigenvalue weighted by Gasteiger charge is 2.43. The van der Waals surface area contributed by atoms with Crippen molar-refractivity contribution in [1.29, 1.82) is 0 Å². The van der Waals surface area contributed by atoms with Gasteiger partial charge in [0, 0.05) is 30.7 Å². The van der Waals surface area contributed by atoms with Gasteiger partial charge in [-0.3, -0.25) is 4.90 Å². The molecular formula is C17H34N2. The molecule has 0 aromatic rings. The van der Waals surface area contributed by atoms with E-state index in [-0.39, 0.29) is 0 Å². The van der Waals surface area contributed by atoms with Crippen molar-refractivity contribution in [3.63, 3.8) is 0 Å². The van der Waals surface area contributed by atoms with Crippen LogP contribution in [0.1, 0.15) is 72.6 Å². The minimum Gasteiger partial charge on any atom is -0.308 e. The van der Waals surface area contributed by atoms with Gasteiger partial charge in [0.2, 0.25) is 0 Å². The Bertz CT molecular complexity index is 279. The average Bonchev–Trinajstić information content (AvgIpc) is 2.36. The quantitative estimate of drug-likeness (QED) is 0.832. The summed E-state index contributed by atoms with van der Waals surface area (Å²) in [6, 6.07) is 0. The maximum atomic E-state index is 3.92. The molecule has 2 nitrogen and oxygen atoms in total. The molecule has 112 valence electrons. The predicted octanol–water partition coefficient (Wildman–Crippen LogP) is 3.81. The maximum absolute atomic E-state index is 3.92. The van der Waals surface area contributed by atoms with Crippen molar-refractivity contribution in [2.24, 2.45) is 5.92 Å². The zero-order valence-corrected chi connectivity index (χ0v) is 13.6. The van der Waals surface area contributed by atoms with Crippen molar-refractivity contribution < 1.29 is 0 Å². The Morgan fingerprint density at radius 1 is 1.16 bits per heavy atom. The van der Waals surface area contributed by atoms with Gasteiger partial charge in [0.1, 0.15) is 0 Å². The molecule has 1 atom stereocenters. The first kappa shape index (κ1) is 15.3. The molecule has 0 amide bonds.